The van der Waals surface area contributed by atoms with Crippen LogP contribution in [0.3, 0.4) is 0 Å². The summed E-state index contributed by atoms with van der Waals surface area (Å²) < 4.78 is 41.4. The molecule has 0 aliphatic carbocycles. The molecule has 2 aromatic carbocycles. The van der Waals surface area contributed by atoms with E-state index in [1.807, 2.05) is 36.4 Å². The Hall–Kier alpha value is -2.66. The molecule has 0 spiro atoms. The van der Waals surface area contributed by atoms with Crippen LogP contribution in [0.15, 0.2) is 47.0 Å². The molecule has 0 fully saturated rings. The molecule has 0 saturated carbocycles. The molecule has 1 heterocycles. The van der Waals surface area contributed by atoms with Crippen molar-refractivity contribution >= 4 is 62.6 Å². The van der Waals surface area contributed by atoms with Crippen molar-refractivity contribution in [1.82, 2.24) is 9.29 Å². The van der Waals surface area contributed by atoms with Gasteiger partial charge in [0.15, 0.2) is 5.75 Å². The van der Waals surface area contributed by atoms with Crippen LogP contribution in [-0.4, -0.2) is 48.1 Å². The number of benzene rings is 2. The number of carbonyl (C=O) groups excluding carboxylic acids is 1. The normalized spacial score (nSPS) is 12.2. The number of oxazole rings is 1. The van der Waals surface area contributed by atoms with E-state index >= 15 is 0 Å². The van der Waals surface area contributed by atoms with E-state index in [4.69, 9.17) is 48.7 Å². The van der Waals surface area contributed by atoms with Gasteiger partial charge in [0.25, 0.3) is 6.01 Å². The fourth-order valence-corrected chi connectivity index (χ4v) is 5.01. The first-order valence-electron chi connectivity index (χ1n) is 12.2. The van der Waals surface area contributed by atoms with Gasteiger partial charge in [-0.1, -0.05) is 49.2 Å². The summed E-state index contributed by atoms with van der Waals surface area (Å²) >= 11 is 18.6. The van der Waals surface area contributed by atoms with Crippen LogP contribution in [0.25, 0.3) is 0 Å². The van der Waals surface area contributed by atoms with Gasteiger partial charge in [0.2, 0.25) is 10.0 Å². The third-order valence-corrected chi connectivity index (χ3v) is 7.55. The number of anilines is 2. The fourth-order valence-electron chi connectivity index (χ4n) is 3.67. The lowest BCUT2D eigenvalue weighted by Crippen LogP contribution is -2.39. The maximum atomic E-state index is 12.4. The van der Waals surface area contributed by atoms with Crippen molar-refractivity contribution in [2.24, 2.45) is 0 Å². The first-order valence-corrected chi connectivity index (χ1v) is 15.4. The van der Waals surface area contributed by atoms with Crippen LogP contribution < -0.4 is 10.1 Å². The number of aromatic nitrogens is 1. The molecule has 1 N–H and O–H groups in total. The second-order valence-electron chi connectivity index (χ2n) is 10.5. The Labute approximate surface area is 249 Å². The van der Waals surface area contributed by atoms with Crippen LogP contribution in [0.5, 0.6) is 5.75 Å². The molecule has 1 amide bonds. The summed E-state index contributed by atoms with van der Waals surface area (Å²) in [7, 11) is -3.92. The molecule has 0 bridgehead atoms. The second kappa shape index (κ2) is 12.5. The van der Waals surface area contributed by atoms with Gasteiger partial charge in [-0.15, -0.1) is 11.6 Å². The standard InChI is InChI=1S/C27H32Cl3N3O6S/c1-26(2,3)39-25(34)33(40(6,35)36)16-20-15-31-24(38-20)32-19-9-7-17(8-10-19)27(4,5)18-13-21(29)23(22(30)14-18)37-12-11-28/h7-10,13-15H,11-12,16H2,1-6H3,(H,31,32). The zero-order chi connectivity index (χ0) is 29.9. The van der Waals surface area contributed by atoms with Crippen LogP contribution in [0.4, 0.5) is 16.5 Å². The molecule has 13 heteroatoms. The SMILES string of the molecule is CC(C)(C)OC(=O)N(Cc1cnc(Nc2ccc(C(C)(C)c3cc(Cl)c(OCCCl)c(Cl)c3)cc2)o1)S(C)(=O)=O. The lowest BCUT2D eigenvalue weighted by molar-refractivity contribution is 0.0375. The fraction of sp³-hybridized carbons (Fsp3) is 0.407. The molecule has 0 atom stereocenters. The quantitative estimate of drug-likeness (QED) is 0.231. The molecular weight excluding hydrogens is 601 g/mol. The van der Waals surface area contributed by atoms with Gasteiger partial charge in [0.05, 0.1) is 28.4 Å². The van der Waals surface area contributed by atoms with Crippen molar-refractivity contribution in [1.29, 1.82) is 0 Å². The van der Waals surface area contributed by atoms with Crippen LogP contribution in [0.1, 0.15) is 51.5 Å². The number of nitrogens with zero attached hydrogens (tertiary/aromatic N) is 2. The summed E-state index contributed by atoms with van der Waals surface area (Å²) in [6.07, 6.45) is 1.26. The summed E-state index contributed by atoms with van der Waals surface area (Å²) in [5.41, 5.74) is 1.27. The average molecular weight is 633 g/mol. The summed E-state index contributed by atoms with van der Waals surface area (Å²) in [6, 6.07) is 11.4. The molecule has 3 aromatic rings. The molecule has 0 saturated heterocycles. The van der Waals surface area contributed by atoms with Crippen molar-refractivity contribution in [2.75, 3.05) is 24.1 Å². The number of amides is 1. The van der Waals surface area contributed by atoms with Gasteiger partial charge >= 0.3 is 6.09 Å². The molecular formula is C27H32Cl3N3O6S. The van der Waals surface area contributed by atoms with E-state index in [0.717, 1.165) is 17.4 Å². The lowest BCUT2D eigenvalue weighted by Gasteiger charge is -2.27. The molecule has 0 unspecified atom stereocenters. The maximum absolute atomic E-state index is 12.4. The van der Waals surface area contributed by atoms with Gasteiger partial charge in [-0.3, -0.25) is 0 Å². The monoisotopic (exact) mass is 631 g/mol. The smallest absolute Gasteiger partial charge is 0.424 e. The van der Waals surface area contributed by atoms with Gasteiger partial charge in [-0.25, -0.2) is 18.2 Å². The van der Waals surface area contributed by atoms with Crippen LogP contribution in [-0.2, 0) is 26.7 Å². The highest BCUT2D eigenvalue weighted by molar-refractivity contribution is 7.88. The first kappa shape index (κ1) is 31.9. The summed E-state index contributed by atoms with van der Waals surface area (Å²) in [6.45, 7) is 8.97. The second-order valence-corrected chi connectivity index (χ2v) is 13.6. The highest BCUT2D eigenvalue weighted by Gasteiger charge is 2.30. The topological polar surface area (TPSA) is 111 Å². The van der Waals surface area contributed by atoms with Crippen molar-refractivity contribution in [3.63, 3.8) is 0 Å². The van der Waals surface area contributed by atoms with E-state index in [9.17, 15) is 13.2 Å². The van der Waals surface area contributed by atoms with Crippen molar-refractivity contribution < 1.29 is 27.1 Å². The lowest BCUT2D eigenvalue weighted by atomic mass is 9.78. The number of halogens is 3. The van der Waals surface area contributed by atoms with E-state index in [2.05, 4.69) is 24.1 Å². The van der Waals surface area contributed by atoms with Crippen LogP contribution >= 0.6 is 34.8 Å². The van der Waals surface area contributed by atoms with E-state index in [1.54, 1.807) is 20.8 Å². The first-order chi connectivity index (χ1) is 18.5. The maximum Gasteiger partial charge on any atom is 0.424 e. The minimum absolute atomic E-state index is 0.130. The number of carbonyl (C=O) groups is 1. The Kier molecular flexibility index (Phi) is 9.93. The van der Waals surface area contributed by atoms with Gasteiger partial charge in [-0.2, -0.15) is 4.31 Å². The van der Waals surface area contributed by atoms with Gasteiger partial charge in [0.1, 0.15) is 24.5 Å². The molecule has 1 aromatic heterocycles. The average Bonchev–Trinajstić information content (AvgIpc) is 3.27. The van der Waals surface area contributed by atoms with Crippen molar-refractivity contribution in [2.45, 2.75) is 52.2 Å². The van der Waals surface area contributed by atoms with Gasteiger partial charge in [-0.05, 0) is 56.2 Å². The van der Waals surface area contributed by atoms with E-state index in [-0.39, 0.29) is 18.3 Å². The summed E-state index contributed by atoms with van der Waals surface area (Å²) in [5.74, 6) is 0.878. The molecule has 0 aliphatic rings. The van der Waals surface area contributed by atoms with E-state index < -0.39 is 27.1 Å². The summed E-state index contributed by atoms with van der Waals surface area (Å²) in [4.78, 5) is 16.6. The van der Waals surface area contributed by atoms with E-state index in [0.29, 0.717) is 38.3 Å². The highest BCUT2D eigenvalue weighted by Crippen LogP contribution is 2.40. The number of alkyl halides is 1. The number of sulfonamides is 1. The molecule has 0 radical (unpaired) electrons. The largest absolute Gasteiger partial charge is 0.489 e. The summed E-state index contributed by atoms with van der Waals surface area (Å²) in [5, 5.41) is 3.84. The zero-order valence-electron chi connectivity index (χ0n) is 23.0. The molecule has 40 heavy (non-hydrogen) atoms. The minimum Gasteiger partial charge on any atom is -0.489 e. The molecule has 218 valence electrons. The third kappa shape index (κ3) is 8.19. The number of hydrogen-bond acceptors (Lipinski definition) is 8. The van der Waals surface area contributed by atoms with Crippen molar-refractivity contribution in [3.8, 4) is 5.75 Å². The van der Waals surface area contributed by atoms with Gasteiger partial charge < -0.3 is 19.2 Å². The zero-order valence-corrected chi connectivity index (χ0v) is 26.1. The Bertz CT molecular complexity index is 1430. The van der Waals surface area contributed by atoms with Crippen LogP contribution in [0, 0.1) is 0 Å². The number of nitrogens with one attached hydrogen (secondary N) is 1. The third-order valence-electron chi connectivity index (χ3n) is 5.75. The molecule has 3 rings (SSSR count). The van der Waals surface area contributed by atoms with E-state index in [1.165, 1.54) is 6.20 Å². The number of ether oxygens (including phenoxy) is 2. The van der Waals surface area contributed by atoms with Crippen LogP contribution in [0.2, 0.25) is 10.0 Å². The predicted molar refractivity (Wildman–Crippen MR) is 158 cm³/mol. The minimum atomic E-state index is -3.92. The van der Waals surface area contributed by atoms with Gasteiger partial charge in [0, 0.05) is 11.1 Å². The number of rotatable bonds is 10. The van der Waals surface area contributed by atoms with Crippen molar-refractivity contribution in [3.05, 3.63) is 69.5 Å². The highest BCUT2D eigenvalue weighted by atomic mass is 35.5. The Morgan fingerprint density at radius 3 is 2.17 bits per heavy atom. The molecule has 0 aliphatic heterocycles. The predicted octanol–water partition coefficient (Wildman–Crippen LogP) is 7.37. The Morgan fingerprint density at radius 2 is 1.65 bits per heavy atom. The Balaban J connectivity index is 1.74. The Morgan fingerprint density at radius 1 is 1.05 bits per heavy atom. The molecule has 9 nitrogen and oxygen atoms in total. The number of hydrogen-bond donors (Lipinski definition) is 1.